The number of benzene rings is 2. The van der Waals surface area contributed by atoms with Crippen molar-refractivity contribution >= 4 is 5.78 Å². The lowest BCUT2D eigenvalue weighted by atomic mass is 9.82. The molecule has 1 N–H and O–H groups in total. The van der Waals surface area contributed by atoms with E-state index in [9.17, 15) is 9.90 Å². The largest absolute Gasteiger partial charge is 0.377 e. The van der Waals surface area contributed by atoms with Crippen molar-refractivity contribution in [3.63, 3.8) is 0 Å². The predicted molar refractivity (Wildman–Crippen MR) is 85.5 cm³/mol. The van der Waals surface area contributed by atoms with E-state index < -0.39 is 5.60 Å². The second-order valence-corrected chi connectivity index (χ2v) is 5.67. The van der Waals surface area contributed by atoms with Crippen LogP contribution in [0, 0.1) is 13.8 Å². The van der Waals surface area contributed by atoms with Gasteiger partial charge in [-0.15, -0.1) is 0 Å². The molecular formula is C19H22O2. The average Bonchev–Trinajstić information content (AvgIpc) is 2.48. The zero-order valence-corrected chi connectivity index (χ0v) is 12.9. The molecule has 0 fully saturated rings. The quantitative estimate of drug-likeness (QED) is 0.836. The molecule has 2 aromatic rings. The minimum atomic E-state index is -1.45. The van der Waals surface area contributed by atoms with Gasteiger partial charge in [0.1, 0.15) is 0 Å². The summed E-state index contributed by atoms with van der Waals surface area (Å²) in [6, 6.07) is 14.9. The lowest BCUT2D eigenvalue weighted by molar-refractivity contribution is 0.0247. The molecule has 2 nitrogen and oxygen atoms in total. The predicted octanol–water partition coefficient (Wildman–Crippen LogP) is 4.17. The highest BCUT2D eigenvalue weighted by molar-refractivity contribution is 6.02. The molecule has 0 aliphatic rings. The maximum absolute atomic E-state index is 12.8. The van der Waals surface area contributed by atoms with Crippen LogP contribution in [0.4, 0.5) is 0 Å². The summed E-state index contributed by atoms with van der Waals surface area (Å²) in [4.78, 5) is 12.8. The van der Waals surface area contributed by atoms with E-state index in [4.69, 9.17) is 0 Å². The maximum Gasteiger partial charge on any atom is 0.198 e. The SMILES string of the molecule is CCCC(O)(C(=O)c1ccc(C)cc1)c1ccc(C)cc1. The number of aliphatic hydroxyl groups is 1. The number of Topliss-reactive ketones (excluding diaryl/α,β-unsaturated/α-hetero) is 1. The van der Waals surface area contributed by atoms with Crippen molar-refractivity contribution in [1.29, 1.82) is 0 Å². The van der Waals surface area contributed by atoms with Gasteiger partial charge in [0.05, 0.1) is 0 Å². The molecule has 0 amide bonds. The van der Waals surface area contributed by atoms with Crippen LogP contribution in [-0.2, 0) is 5.60 Å². The highest BCUT2D eigenvalue weighted by Crippen LogP contribution is 2.31. The third kappa shape index (κ3) is 3.22. The summed E-state index contributed by atoms with van der Waals surface area (Å²) in [6.45, 7) is 5.94. The molecule has 1 unspecified atom stereocenters. The fourth-order valence-electron chi connectivity index (χ4n) is 2.52. The normalized spacial score (nSPS) is 13.7. The summed E-state index contributed by atoms with van der Waals surface area (Å²) in [5.41, 5.74) is 1.98. The van der Waals surface area contributed by atoms with Crippen molar-refractivity contribution in [1.82, 2.24) is 0 Å². The molecule has 0 aliphatic carbocycles. The molecule has 0 radical (unpaired) electrons. The molecule has 110 valence electrons. The van der Waals surface area contributed by atoms with E-state index in [1.807, 2.05) is 57.2 Å². The molecule has 0 bridgehead atoms. The van der Waals surface area contributed by atoms with Crippen molar-refractivity contribution in [3.8, 4) is 0 Å². The first-order valence-electron chi connectivity index (χ1n) is 7.38. The summed E-state index contributed by atoms with van der Waals surface area (Å²) in [6.07, 6.45) is 1.16. The van der Waals surface area contributed by atoms with Crippen LogP contribution in [0.2, 0.25) is 0 Å². The number of hydrogen-bond acceptors (Lipinski definition) is 2. The Labute approximate surface area is 126 Å². The molecule has 0 heterocycles. The number of rotatable bonds is 5. The van der Waals surface area contributed by atoms with E-state index in [0.29, 0.717) is 17.5 Å². The van der Waals surface area contributed by atoms with Gasteiger partial charge in [-0.2, -0.15) is 0 Å². The minimum absolute atomic E-state index is 0.229. The van der Waals surface area contributed by atoms with Gasteiger partial charge < -0.3 is 5.11 Å². The summed E-state index contributed by atoms with van der Waals surface area (Å²) in [5, 5.41) is 11.0. The fraction of sp³-hybridized carbons (Fsp3) is 0.316. The highest BCUT2D eigenvalue weighted by Gasteiger charge is 2.37. The molecule has 0 spiro atoms. The smallest absolute Gasteiger partial charge is 0.198 e. The van der Waals surface area contributed by atoms with E-state index in [0.717, 1.165) is 17.5 Å². The van der Waals surface area contributed by atoms with E-state index >= 15 is 0 Å². The second kappa shape index (κ2) is 6.23. The first-order valence-corrected chi connectivity index (χ1v) is 7.38. The van der Waals surface area contributed by atoms with Crippen LogP contribution in [0.15, 0.2) is 48.5 Å². The number of ketones is 1. The van der Waals surface area contributed by atoms with Gasteiger partial charge in [0, 0.05) is 5.56 Å². The Hall–Kier alpha value is -1.93. The molecule has 2 rings (SSSR count). The van der Waals surface area contributed by atoms with Gasteiger partial charge in [-0.1, -0.05) is 73.0 Å². The van der Waals surface area contributed by atoms with Gasteiger partial charge >= 0.3 is 0 Å². The van der Waals surface area contributed by atoms with Crippen LogP contribution in [-0.4, -0.2) is 10.9 Å². The Morgan fingerprint density at radius 3 is 1.90 bits per heavy atom. The highest BCUT2D eigenvalue weighted by atomic mass is 16.3. The summed E-state index contributed by atoms with van der Waals surface area (Å²) < 4.78 is 0. The third-order valence-corrected chi connectivity index (χ3v) is 3.83. The van der Waals surface area contributed by atoms with Crippen LogP contribution in [0.5, 0.6) is 0 Å². The van der Waals surface area contributed by atoms with Crippen LogP contribution in [0.1, 0.15) is 46.8 Å². The molecule has 0 aromatic heterocycles. The zero-order chi connectivity index (χ0) is 15.5. The second-order valence-electron chi connectivity index (χ2n) is 5.67. The van der Waals surface area contributed by atoms with E-state index in [1.165, 1.54) is 0 Å². The Morgan fingerprint density at radius 1 is 0.952 bits per heavy atom. The lowest BCUT2D eigenvalue weighted by Crippen LogP contribution is -2.35. The number of hydrogen-bond donors (Lipinski definition) is 1. The van der Waals surface area contributed by atoms with Crippen molar-refractivity contribution < 1.29 is 9.90 Å². The Morgan fingerprint density at radius 2 is 1.43 bits per heavy atom. The van der Waals surface area contributed by atoms with E-state index in [-0.39, 0.29) is 5.78 Å². The number of aryl methyl sites for hydroxylation is 2. The van der Waals surface area contributed by atoms with Gasteiger partial charge in [-0.25, -0.2) is 0 Å². The minimum Gasteiger partial charge on any atom is -0.377 e. The fourth-order valence-corrected chi connectivity index (χ4v) is 2.52. The van der Waals surface area contributed by atoms with Crippen LogP contribution < -0.4 is 0 Å². The Kier molecular flexibility index (Phi) is 4.59. The van der Waals surface area contributed by atoms with Crippen LogP contribution in [0.25, 0.3) is 0 Å². The molecule has 0 saturated heterocycles. The summed E-state index contributed by atoms with van der Waals surface area (Å²) >= 11 is 0. The first-order chi connectivity index (χ1) is 9.97. The molecule has 21 heavy (non-hydrogen) atoms. The molecule has 2 heteroatoms. The number of carbonyl (C=O) groups is 1. The van der Waals surface area contributed by atoms with E-state index in [2.05, 4.69) is 0 Å². The first kappa shape index (κ1) is 15.5. The number of carbonyl (C=O) groups excluding carboxylic acids is 1. The van der Waals surface area contributed by atoms with Crippen molar-refractivity contribution in [2.24, 2.45) is 0 Å². The van der Waals surface area contributed by atoms with E-state index in [1.54, 1.807) is 12.1 Å². The average molecular weight is 282 g/mol. The monoisotopic (exact) mass is 282 g/mol. The van der Waals surface area contributed by atoms with Gasteiger partial charge in [-0.3, -0.25) is 4.79 Å². The zero-order valence-electron chi connectivity index (χ0n) is 12.9. The van der Waals surface area contributed by atoms with Gasteiger partial charge in [0.25, 0.3) is 0 Å². The van der Waals surface area contributed by atoms with Crippen LogP contribution in [0.3, 0.4) is 0 Å². The molecule has 1 atom stereocenters. The molecule has 2 aromatic carbocycles. The van der Waals surface area contributed by atoms with Crippen molar-refractivity contribution in [2.75, 3.05) is 0 Å². The van der Waals surface area contributed by atoms with Crippen LogP contribution >= 0.6 is 0 Å². The Balaban J connectivity index is 2.43. The van der Waals surface area contributed by atoms with Crippen molar-refractivity contribution in [3.05, 3.63) is 70.8 Å². The van der Waals surface area contributed by atoms with Gasteiger partial charge in [0.15, 0.2) is 11.4 Å². The molecular weight excluding hydrogens is 260 g/mol. The Bertz CT molecular complexity index is 611. The lowest BCUT2D eigenvalue weighted by Gasteiger charge is -2.27. The standard InChI is InChI=1S/C19H22O2/c1-4-13-19(21,17-11-7-15(3)8-12-17)18(20)16-9-5-14(2)6-10-16/h5-12,21H,4,13H2,1-3H3. The van der Waals surface area contributed by atoms with Gasteiger partial charge in [0.2, 0.25) is 0 Å². The summed E-state index contributed by atoms with van der Waals surface area (Å²) in [7, 11) is 0. The third-order valence-electron chi connectivity index (χ3n) is 3.83. The molecule has 0 saturated carbocycles. The summed E-state index contributed by atoms with van der Waals surface area (Å²) in [5.74, 6) is -0.229. The van der Waals surface area contributed by atoms with Crippen molar-refractivity contribution in [2.45, 2.75) is 39.2 Å². The topological polar surface area (TPSA) is 37.3 Å². The molecule has 0 aliphatic heterocycles. The van der Waals surface area contributed by atoms with Gasteiger partial charge in [-0.05, 0) is 25.8 Å². The maximum atomic E-state index is 12.8.